The van der Waals surface area contributed by atoms with Gasteiger partial charge in [0, 0.05) is 26.9 Å². The van der Waals surface area contributed by atoms with E-state index in [1.54, 1.807) is 7.05 Å². The van der Waals surface area contributed by atoms with Gasteiger partial charge in [0.25, 0.3) is 11.8 Å². The Morgan fingerprint density at radius 2 is 2.16 bits per heavy atom. The topological polar surface area (TPSA) is 137 Å². The number of nitrogens with one attached hydrogen (secondary N) is 2. The molecule has 0 aromatic carbocycles. The average molecular weight is 345 g/mol. The van der Waals surface area contributed by atoms with E-state index in [0.29, 0.717) is 12.3 Å². The summed E-state index contributed by atoms with van der Waals surface area (Å²) >= 11 is 0. The summed E-state index contributed by atoms with van der Waals surface area (Å²) in [6.45, 7) is 0.656. The van der Waals surface area contributed by atoms with Crippen molar-refractivity contribution in [1.29, 1.82) is 0 Å². The molecule has 1 aliphatic rings. The predicted molar refractivity (Wildman–Crippen MR) is 88.9 cm³/mol. The van der Waals surface area contributed by atoms with Gasteiger partial charge < -0.3 is 21.1 Å². The van der Waals surface area contributed by atoms with Crippen LogP contribution in [-0.2, 0) is 11.8 Å². The lowest BCUT2D eigenvalue weighted by atomic mass is 10.2. The van der Waals surface area contributed by atoms with Crippen molar-refractivity contribution in [2.45, 2.75) is 18.9 Å². The quantitative estimate of drug-likeness (QED) is 0.722. The van der Waals surface area contributed by atoms with Crippen molar-refractivity contribution in [3.63, 3.8) is 0 Å². The van der Waals surface area contributed by atoms with Crippen LogP contribution in [0.4, 0.5) is 11.5 Å². The molecule has 0 aliphatic carbocycles. The second-order valence-electron chi connectivity index (χ2n) is 5.63. The molecule has 1 unspecified atom stereocenters. The number of rotatable bonds is 4. The molecular formula is C15H19N7O3. The molecule has 4 N–H and O–H groups in total. The van der Waals surface area contributed by atoms with Crippen LogP contribution in [0.3, 0.4) is 0 Å². The van der Waals surface area contributed by atoms with Crippen molar-refractivity contribution in [2.24, 2.45) is 7.05 Å². The van der Waals surface area contributed by atoms with Crippen molar-refractivity contribution in [1.82, 2.24) is 25.1 Å². The minimum absolute atomic E-state index is 0.00429. The monoisotopic (exact) mass is 345 g/mol. The molecule has 1 aliphatic heterocycles. The Hall–Kier alpha value is -3.01. The van der Waals surface area contributed by atoms with Gasteiger partial charge in [-0.3, -0.25) is 14.3 Å². The van der Waals surface area contributed by atoms with E-state index in [0.717, 1.165) is 12.8 Å². The summed E-state index contributed by atoms with van der Waals surface area (Å²) < 4.78 is 6.99. The number of anilines is 2. The van der Waals surface area contributed by atoms with Crippen LogP contribution < -0.4 is 16.4 Å². The normalized spacial score (nSPS) is 16.6. The Balaban J connectivity index is 1.86. The molecule has 10 nitrogen and oxygen atoms in total. The zero-order valence-electron chi connectivity index (χ0n) is 13.9. The van der Waals surface area contributed by atoms with Crippen LogP contribution in [0.15, 0.2) is 12.4 Å². The third kappa shape index (κ3) is 3.43. The first kappa shape index (κ1) is 16.8. The summed E-state index contributed by atoms with van der Waals surface area (Å²) in [5.74, 6) is -0.976. The molecular weight excluding hydrogens is 326 g/mol. The van der Waals surface area contributed by atoms with Crippen LogP contribution in [0, 0.1) is 0 Å². The third-order valence-electron chi connectivity index (χ3n) is 3.81. The molecule has 10 heteroatoms. The van der Waals surface area contributed by atoms with E-state index in [1.807, 2.05) is 0 Å². The van der Waals surface area contributed by atoms with Gasteiger partial charge in [-0.15, -0.1) is 0 Å². The molecule has 2 aromatic rings. The highest BCUT2D eigenvalue weighted by Crippen LogP contribution is 2.27. The van der Waals surface area contributed by atoms with E-state index in [9.17, 15) is 9.59 Å². The van der Waals surface area contributed by atoms with E-state index in [-0.39, 0.29) is 29.0 Å². The number of nitrogen functional groups attached to an aromatic ring is 1. The first-order valence-electron chi connectivity index (χ1n) is 7.80. The number of hydrogen-bond donors (Lipinski definition) is 3. The van der Waals surface area contributed by atoms with Gasteiger partial charge in [0.15, 0.2) is 17.2 Å². The van der Waals surface area contributed by atoms with Gasteiger partial charge in [-0.25, -0.2) is 9.97 Å². The second-order valence-corrected chi connectivity index (χ2v) is 5.63. The number of nitrogens with zero attached hydrogens (tertiary/aromatic N) is 4. The fourth-order valence-corrected chi connectivity index (χ4v) is 2.59. The molecule has 25 heavy (non-hydrogen) atoms. The van der Waals surface area contributed by atoms with Gasteiger partial charge in [-0.2, -0.15) is 5.10 Å². The summed E-state index contributed by atoms with van der Waals surface area (Å²) in [6, 6.07) is 0. The molecule has 2 amide bonds. The van der Waals surface area contributed by atoms with Crippen LogP contribution >= 0.6 is 0 Å². The number of ether oxygens (including phenoxy) is 1. The zero-order chi connectivity index (χ0) is 18.0. The van der Waals surface area contributed by atoms with Gasteiger partial charge in [0.2, 0.25) is 0 Å². The molecule has 1 atom stereocenters. The van der Waals surface area contributed by atoms with Gasteiger partial charge in [0.1, 0.15) is 6.10 Å². The van der Waals surface area contributed by atoms with Crippen LogP contribution in [0.5, 0.6) is 0 Å². The van der Waals surface area contributed by atoms with Crippen molar-refractivity contribution >= 4 is 23.3 Å². The molecule has 1 fully saturated rings. The van der Waals surface area contributed by atoms with Crippen molar-refractivity contribution in [3.05, 3.63) is 29.5 Å². The minimum Gasteiger partial charge on any atom is -0.382 e. The number of aromatic nitrogens is 4. The van der Waals surface area contributed by atoms with Crippen LogP contribution in [0.2, 0.25) is 0 Å². The van der Waals surface area contributed by atoms with Gasteiger partial charge in [0.05, 0.1) is 17.6 Å². The fraction of sp³-hybridized carbons (Fsp3) is 0.400. The molecule has 0 radical (unpaired) electrons. The number of nitrogens with two attached hydrogens (primary N) is 1. The molecule has 1 saturated heterocycles. The molecule has 0 saturated carbocycles. The number of hydrogen-bond acceptors (Lipinski definition) is 7. The van der Waals surface area contributed by atoms with E-state index < -0.39 is 11.8 Å². The van der Waals surface area contributed by atoms with Gasteiger partial charge >= 0.3 is 0 Å². The number of aryl methyl sites for hydroxylation is 1. The Morgan fingerprint density at radius 1 is 1.36 bits per heavy atom. The van der Waals surface area contributed by atoms with Crippen molar-refractivity contribution in [3.8, 4) is 0 Å². The molecule has 0 bridgehead atoms. The van der Waals surface area contributed by atoms with E-state index in [1.165, 1.54) is 24.1 Å². The summed E-state index contributed by atoms with van der Waals surface area (Å²) in [5.41, 5.74) is 6.70. The van der Waals surface area contributed by atoms with E-state index >= 15 is 0 Å². The summed E-state index contributed by atoms with van der Waals surface area (Å²) in [5, 5.41) is 9.12. The lowest BCUT2D eigenvalue weighted by Gasteiger charge is -2.11. The Labute approximate surface area is 143 Å². The largest absolute Gasteiger partial charge is 0.382 e. The number of amides is 2. The van der Waals surface area contributed by atoms with Gasteiger partial charge in [-0.05, 0) is 12.8 Å². The fourth-order valence-electron chi connectivity index (χ4n) is 2.59. The Bertz CT molecular complexity index is 811. The maximum Gasteiger partial charge on any atom is 0.278 e. The Kier molecular flexibility index (Phi) is 4.61. The maximum atomic E-state index is 12.6. The SMILES string of the molecule is CNC(=O)c1nn(C)cc1NC(=O)c1nc(C2CCCO2)cnc1N. The third-order valence-corrected chi connectivity index (χ3v) is 3.81. The summed E-state index contributed by atoms with van der Waals surface area (Å²) in [6.07, 6.45) is 4.62. The average Bonchev–Trinajstić information content (AvgIpc) is 3.24. The molecule has 0 spiro atoms. The highest BCUT2D eigenvalue weighted by atomic mass is 16.5. The molecule has 3 rings (SSSR count). The van der Waals surface area contributed by atoms with Crippen LogP contribution in [0.1, 0.15) is 45.6 Å². The number of carbonyl (C=O) groups is 2. The maximum absolute atomic E-state index is 12.6. The lowest BCUT2D eigenvalue weighted by molar-refractivity contribution is 0.0958. The Morgan fingerprint density at radius 3 is 2.84 bits per heavy atom. The van der Waals surface area contributed by atoms with Crippen LogP contribution in [-0.4, -0.2) is 45.2 Å². The molecule has 2 aromatic heterocycles. The summed E-state index contributed by atoms with van der Waals surface area (Å²) in [4.78, 5) is 32.8. The standard InChI is InChI=1S/C15H19N7O3/c1-17-14(23)11-9(7-22(2)21-11)20-15(24)12-13(16)18-6-8(19-12)10-4-3-5-25-10/h6-7,10H,3-5H2,1-2H3,(H2,16,18)(H,17,23)(H,20,24). The second kappa shape index (κ2) is 6.85. The highest BCUT2D eigenvalue weighted by Gasteiger charge is 2.24. The number of carbonyl (C=O) groups excluding carboxylic acids is 2. The van der Waals surface area contributed by atoms with Crippen molar-refractivity contribution in [2.75, 3.05) is 24.7 Å². The van der Waals surface area contributed by atoms with Crippen molar-refractivity contribution < 1.29 is 14.3 Å². The smallest absolute Gasteiger partial charge is 0.278 e. The minimum atomic E-state index is -0.567. The van der Waals surface area contributed by atoms with Gasteiger partial charge in [-0.1, -0.05) is 0 Å². The zero-order valence-corrected chi connectivity index (χ0v) is 13.9. The lowest BCUT2D eigenvalue weighted by Crippen LogP contribution is -2.23. The first-order chi connectivity index (χ1) is 12.0. The predicted octanol–water partition coefficient (Wildman–Crippen LogP) is 0.256. The highest BCUT2D eigenvalue weighted by molar-refractivity contribution is 6.09. The summed E-state index contributed by atoms with van der Waals surface area (Å²) in [7, 11) is 3.13. The van der Waals surface area contributed by atoms with E-state index in [4.69, 9.17) is 10.5 Å². The van der Waals surface area contributed by atoms with E-state index in [2.05, 4.69) is 25.7 Å². The van der Waals surface area contributed by atoms with Crippen LogP contribution in [0.25, 0.3) is 0 Å². The first-order valence-corrected chi connectivity index (χ1v) is 7.80. The molecule has 132 valence electrons. The molecule has 3 heterocycles.